The average Bonchev–Trinajstić information content (AvgIpc) is 3.12. The number of nitrogens with zero attached hydrogens (tertiary/aromatic N) is 4. The maximum absolute atomic E-state index is 13.7. The van der Waals surface area contributed by atoms with Crippen LogP contribution in [0.1, 0.15) is 36.1 Å². The van der Waals surface area contributed by atoms with Crippen molar-refractivity contribution >= 4 is 5.91 Å². The first-order valence-corrected chi connectivity index (χ1v) is 9.09. The number of rotatable bonds is 3. The largest absolute Gasteiger partial charge is 0.328 e. The summed E-state index contributed by atoms with van der Waals surface area (Å²) in [5.74, 6) is -0.291. The highest BCUT2D eigenvalue weighted by Crippen LogP contribution is 2.48. The summed E-state index contributed by atoms with van der Waals surface area (Å²) in [4.78, 5) is 45.5. The standard InChI is InChI=1S/C20H20FN5O3/c1-20(2)11-26(18(28)14-10-23-19(29)24(3)17(14)27)15(20)16-22-7-8-25(16)13-6-4-5-12(21)9-13/h4-10,15H,11H2,1-3H3,(H,23,29). The maximum Gasteiger partial charge on any atom is 0.328 e. The molecule has 0 spiro atoms. The normalized spacial score (nSPS) is 17.8. The van der Waals surface area contributed by atoms with Gasteiger partial charge in [-0.05, 0) is 18.2 Å². The number of aromatic nitrogens is 4. The molecule has 1 atom stereocenters. The van der Waals surface area contributed by atoms with Gasteiger partial charge in [-0.25, -0.2) is 14.2 Å². The first kappa shape index (κ1) is 18.9. The molecule has 0 aliphatic carbocycles. The van der Waals surface area contributed by atoms with Crippen molar-refractivity contribution in [3.8, 4) is 5.69 Å². The molecule has 1 aromatic carbocycles. The highest BCUT2D eigenvalue weighted by Gasteiger charge is 2.51. The van der Waals surface area contributed by atoms with Gasteiger partial charge in [0.2, 0.25) is 0 Å². The summed E-state index contributed by atoms with van der Waals surface area (Å²) in [6.45, 7) is 4.41. The fourth-order valence-electron chi connectivity index (χ4n) is 3.84. The average molecular weight is 397 g/mol. The molecule has 0 radical (unpaired) electrons. The van der Waals surface area contributed by atoms with Crippen molar-refractivity contribution in [3.05, 3.63) is 80.9 Å². The maximum atomic E-state index is 13.7. The van der Waals surface area contributed by atoms with E-state index in [0.717, 1.165) is 10.8 Å². The van der Waals surface area contributed by atoms with E-state index < -0.39 is 23.2 Å². The highest BCUT2D eigenvalue weighted by molar-refractivity contribution is 5.94. The van der Waals surface area contributed by atoms with Crippen molar-refractivity contribution in [2.75, 3.05) is 6.54 Å². The Hall–Kier alpha value is -3.49. The predicted octanol–water partition coefficient (Wildman–Crippen LogP) is 1.62. The quantitative estimate of drug-likeness (QED) is 0.727. The number of benzene rings is 1. The summed E-state index contributed by atoms with van der Waals surface area (Å²) in [5.41, 5.74) is -1.08. The SMILES string of the molecule is Cn1c(=O)[nH]cc(C(=O)N2CC(C)(C)C2c2nccn2-c2cccc(F)c2)c1=O. The number of carbonyl (C=O) groups is 1. The monoisotopic (exact) mass is 397 g/mol. The first-order valence-electron chi connectivity index (χ1n) is 9.09. The highest BCUT2D eigenvalue weighted by atomic mass is 19.1. The Morgan fingerprint density at radius 3 is 2.76 bits per heavy atom. The lowest BCUT2D eigenvalue weighted by atomic mass is 9.74. The molecule has 1 fully saturated rings. The van der Waals surface area contributed by atoms with Gasteiger partial charge in [-0.2, -0.15) is 0 Å². The van der Waals surface area contributed by atoms with Crippen LogP contribution in [-0.2, 0) is 7.05 Å². The molecule has 0 bridgehead atoms. The van der Waals surface area contributed by atoms with Gasteiger partial charge in [-0.15, -0.1) is 0 Å². The van der Waals surface area contributed by atoms with E-state index >= 15 is 0 Å². The van der Waals surface area contributed by atoms with Crippen LogP contribution in [0.25, 0.3) is 5.69 Å². The van der Waals surface area contributed by atoms with Crippen molar-refractivity contribution < 1.29 is 9.18 Å². The van der Waals surface area contributed by atoms with Crippen molar-refractivity contribution in [1.29, 1.82) is 0 Å². The smallest absolute Gasteiger partial charge is 0.327 e. The van der Waals surface area contributed by atoms with Gasteiger partial charge >= 0.3 is 5.69 Å². The second-order valence-corrected chi connectivity index (χ2v) is 7.83. The molecule has 1 amide bonds. The van der Waals surface area contributed by atoms with Crippen LogP contribution in [0, 0.1) is 11.2 Å². The molecule has 1 unspecified atom stereocenters. The molecule has 29 heavy (non-hydrogen) atoms. The Labute approximate surface area is 165 Å². The summed E-state index contributed by atoms with van der Waals surface area (Å²) >= 11 is 0. The van der Waals surface area contributed by atoms with Gasteiger partial charge in [0.05, 0.1) is 6.04 Å². The Morgan fingerprint density at radius 1 is 1.31 bits per heavy atom. The number of hydrogen-bond donors (Lipinski definition) is 1. The Kier molecular flexibility index (Phi) is 4.25. The zero-order valence-corrected chi connectivity index (χ0v) is 16.2. The van der Waals surface area contributed by atoms with Crippen molar-refractivity contribution in [2.24, 2.45) is 12.5 Å². The summed E-state index contributed by atoms with van der Waals surface area (Å²) in [5, 5.41) is 0. The molecule has 9 heteroatoms. The summed E-state index contributed by atoms with van der Waals surface area (Å²) < 4.78 is 16.3. The number of amides is 1. The summed E-state index contributed by atoms with van der Waals surface area (Å²) in [7, 11) is 1.31. The van der Waals surface area contributed by atoms with Crippen molar-refractivity contribution in [1.82, 2.24) is 24.0 Å². The number of aromatic amines is 1. The minimum absolute atomic E-state index is 0.114. The van der Waals surface area contributed by atoms with Crippen LogP contribution in [0.5, 0.6) is 0 Å². The third-order valence-electron chi connectivity index (χ3n) is 5.30. The van der Waals surface area contributed by atoms with E-state index in [1.54, 1.807) is 34.0 Å². The van der Waals surface area contributed by atoms with Gasteiger partial charge in [0.1, 0.15) is 17.2 Å². The molecule has 8 nitrogen and oxygen atoms in total. The molecule has 1 aliphatic heterocycles. The van der Waals surface area contributed by atoms with E-state index in [1.165, 1.54) is 19.2 Å². The van der Waals surface area contributed by atoms with Gasteiger partial charge in [-0.3, -0.25) is 14.2 Å². The van der Waals surface area contributed by atoms with Gasteiger partial charge in [-0.1, -0.05) is 19.9 Å². The van der Waals surface area contributed by atoms with Gasteiger partial charge in [0, 0.05) is 43.3 Å². The number of carbonyl (C=O) groups excluding carboxylic acids is 1. The molecular formula is C20H20FN5O3. The molecular weight excluding hydrogens is 377 g/mol. The number of H-pyrrole nitrogens is 1. The van der Waals surface area contributed by atoms with Crippen LogP contribution >= 0.6 is 0 Å². The lowest BCUT2D eigenvalue weighted by Crippen LogP contribution is -2.59. The number of imidazole rings is 1. The second-order valence-electron chi connectivity index (χ2n) is 7.83. The van der Waals surface area contributed by atoms with Crippen LogP contribution in [0.2, 0.25) is 0 Å². The minimum Gasteiger partial charge on any atom is -0.327 e. The summed E-state index contributed by atoms with van der Waals surface area (Å²) in [6, 6.07) is 5.68. The topological polar surface area (TPSA) is 93.0 Å². The van der Waals surface area contributed by atoms with Crippen molar-refractivity contribution in [3.63, 3.8) is 0 Å². The van der Waals surface area contributed by atoms with E-state index in [2.05, 4.69) is 9.97 Å². The van der Waals surface area contributed by atoms with Crippen molar-refractivity contribution in [2.45, 2.75) is 19.9 Å². The van der Waals surface area contributed by atoms with E-state index in [0.29, 0.717) is 18.1 Å². The predicted molar refractivity (Wildman–Crippen MR) is 103 cm³/mol. The van der Waals surface area contributed by atoms with Crippen LogP contribution < -0.4 is 11.2 Å². The van der Waals surface area contributed by atoms with Gasteiger partial charge < -0.3 is 14.5 Å². The number of nitrogens with one attached hydrogen (secondary N) is 1. The summed E-state index contributed by atoms with van der Waals surface area (Å²) in [6.07, 6.45) is 4.45. The molecule has 1 N–H and O–H groups in total. The Bertz CT molecular complexity index is 1220. The van der Waals surface area contributed by atoms with Crippen LogP contribution in [-0.4, -0.2) is 36.5 Å². The first-order chi connectivity index (χ1) is 13.7. The van der Waals surface area contributed by atoms with Gasteiger partial charge in [0.25, 0.3) is 11.5 Å². The third kappa shape index (κ3) is 2.98. The van der Waals surface area contributed by atoms with Crippen LogP contribution in [0.15, 0.2) is 52.4 Å². The van der Waals surface area contributed by atoms with Crippen LogP contribution in [0.3, 0.4) is 0 Å². The molecule has 3 heterocycles. The fourth-order valence-corrected chi connectivity index (χ4v) is 3.84. The molecule has 2 aromatic heterocycles. The lowest BCUT2D eigenvalue weighted by Gasteiger charge is -2.53. The third-order valence-corrected chi connectivity index (χ3v) is 5.30. The van der Waals surface area contributed by atoms with E-state index in [9.17, 15) is 18.8 Å². The van der Waals surface area contributed by atoms with E-state index in [1.807, 2.05) is 13.8 Å². The zero-order valence-electron chi connectivity index (χ0n) is 16.2. The van der Waals surface area contributed by atoms with Crippen LogP contribution in [0.4, 0.5) is 4.39 Å². The molecule has 1 aliphatic rings. The number of hydrogen-bond acceptors (Lipinski definition) is 4. The van der Waals surface area contributed by atoms with E-state index in [4.69, 9.17) is 0 Å². The van der Waals surface area contributed by atoms with E-state index in [-0.39, 0.29) is 16.8 Å². The molecule has 4 rings (SSSR count). The second kappa shape index (κ2) is 6.54. The number of halogens is 1. The fraction of sp³-hybridized carbons (Fsp3) is 0.300. The molecule has 1 saturated heterocycles. The minimum atomic E-state index is -0.657. The lowest BCUT2D eigenvalue weighted by molar-refractivity contribution is -0.0371. The Balaban J connectivity index is 1.76. The molecule has 0 saturated carbocycles. The Morgan fingerprint density at radius 2 is 2.07 bits per heavy atom. The van der Waals surface area contributed by atoms with Gasteiger partial charge in [0.15, 0.2) is 0 Å². The number of likely N-dealkylation sites (tertiary alicyclic amines) is 1. The zero-order chi connectivity index (χ0) is 20.9. The molecule has 150 valence electrons. The molecule has 3 aromatic rings.